The highest BCUT2D eigenvalue weighted by atomic mass is 32.2. The van der Waals surface area contributed by atoms with E-state index in [1.54, 1.807) is 48.2 Å². The first-order valence-corrected chi connectivity index (χ1v) is 11.6. The molecule has 0 N–H and O–H groups in total. The summed E-state index contributed by atoms with van der Waals surface area (Å²) in [5, 5.41) is 0.0332. The number of sulfonamides is 1. The fourth-order valence-electron chi connectivity index (χ4n) is 2.92. The van der Waals surface area contributed by atoms with E-state index in [1.165, 1.54) is 10.4 Å². The molecule has 1 aliphatic rings. The van der Waals surface area contributed by atoms with Crippen molar-refractivity contribution in [3.63, 3.8) is 0 Å². The van der Waals surface area contributed by atoms with Gasteiger partial charge in [-0.1, -0.05) is 18.2 Å². The summed E-state index contributed by atoms with van der Waals surface area (Å²) in [5.41, 5.74) is 0.685. The molecule has 3 rings (SSSR count). The fraction of sp³-hybridized carbons (Fsp3) is 0.400. The van der Waals surface area contributed by atoms with Gasteiger partial charge in [-0.3, -0.25) is 0 Å². The average Bonchev–Trinajstić information content (AvgIpc) is 2.72. The Bertz CT molecular complexity index is 868. The van der Waals surface area contributed by atoms with Crippen LogP contribution in [-0.2, 0) is 14.8 Å². The van der Waals surface area contributed by atoms with Crippen LogP contribution in [-0.4, -0.2) is 51.4 Å². The first-order valence-electron chi connectivity index (χ1n) is 9.15. The molecule has 0 bridgehead atoms. The topological polar surface area (TPSA) is 55.8 Å². The fourth-order valence-corrected chi connectivity index (χ4v) is 5.23. The molecule has 0 amide bonds. The van der Waals surface area contributed by atoms with Crippen LogP contribution >= 0.6 is 11.8 Å². The Hall–Kier alpha value is -1.61. The number of morpholine rings is 1. The van der Waals surface area contributed by atoms with Crippen LogP contribution in [0, 0.1) is 5.82 Å². The normalized spacial score (nSPS) is 16.6. The molecular formula is C20H24FNO4S2. The van der Waals surface area contributed by atoms with Gasteiger partial charge in [-0.05, 0) is 37.3 Å². The number of hydrogen-bond acceptors (Lipinski definition) is 5. The molecule has 0 aromatic heterocycles. The molecule has 0 saturated carbocycles. The minimum atomic E-state index is -3.49. The summed E-state index contributed by atoms with van der Waals surface area (Å²) in [7, 11) is -3.49. The van der Waals surface area contributed by atoms with Crippen molar-refractivity contribution in [3.8, 4) is 5.75 Å². The first-order chi connectivity index (χ1) is 13.5. The van der Waals surface area contributed by atoms with Crippen molar-refractivity contribution in [2.75, 3.05) is 38.7 Å². The van der Waals surface area contributed by atoms with E-state index in [4.69, 9.17) is 9.47 Å². The van der Waals surface area contributed by atoms with E-state index in [-0.39, 0.29) is 16.0 Å². The minimum absolute atomic E-state index is 0.0332. The van der Waals surface area contributed by atoms with Gasteiger partial charge in [0, 0.05) is 29.7 Å². The smallest absolute Gasteiger partial charge is 0.243 e. The Morgan fingerprint density at radius 3 is 2.50 bits per heavy atom. The van der Waals surface area contributed by atoms with Gasteiger partial charge in [-0.2, -0.15) is 16.1 Å². The minimum Gasteiger partial charge on any atom is -0.493 e. The molecule has 0 aliphatic carbocycles. The summed E-state index contributed by atoms with van der Waals surface area (Å²) >= 11 is 1.61. The molecule has 1 fully saturated rings. The van der Waals surface area contributed by atoms with Gasteiger partial charge >= 0.3 is 0 Å². The van der Waals surface area contributed by atoms with E-state index in [9.17, 15) is 12.8 Å². The Labute approximate surface area is 169 Å². The van der Waals surface area contributed by atoms with Gasteiger partial charge in [-0.15, -0.1) is 0 Å². The maximum absolute atomic E-state index is 13.8. The van der Waals surface area contributed by atoms with Gasteiger partial charge in [-0.25, -0.2) is 12.8 Å². The van der Waals surface area contributed by atoms with Crippen LogP contribution in [0.15, 0.2) is 53.4 Å². The van der Waals surface area contributed by atoms with Gasteiger partial charge in [0.25, 0.3) is 0 Å². The Balaban J connectivity index is 1.49. The Morgan fingerprint density at radius 2 is 1.82 bits per heavy atom. The second kappa shape index (κ2) is 9.73. The third-order valence-corrected chi connectivity index (χ3v) is 7.56. The number of halogens is 1. The zero-order valence-corrected chi connectivity index (χ0v) is 17.3. The van der Waals surface area contributed by atoms with Crippen LogP contribution in [0.4, 0.5) is 4.39 Å². The van der Waals surface area contributed by atoms with Gasteiger partial charge in [0.2, 0.25) is 10.0 Å². The summed E-state index contributed by atoms with van der Waals surface area (Å²) < 4.78 is 51.3. The standard InChI is InChI=1S/C20H24FNO4S2/c1-16(19-4-2-3-5-20(19)21)27-15-14-26-17-6-8-18(9-7-17)28(23,24)22-10-12-25-13-11-22/h2-9,16H,10-15H2,1H3. The lowest BCUT2D eigenvalue weighted by atomic mass is 10.1. The molecule has 2 aromatic carbocycles. The van der Waals surface area contributed by atoms with Crippen molar-refractivity contribution in [2.24, 2.45) is 0 Å². The SMILES string of the molecule is CC(SCCOc1ccc(S(=O)(=O)N2CCOCC2)cc1)c1ccccc1F. The van der Waals surface area contributed by atoms with E-state index >= 15 is 0 Å². The summed E-state index contributed by atoms with van der Waals surface area (Å²) in [4.78, 5) is 0.254. The number of rotatable bonds is 8. The predicted molar refractivity (Wildman–Crippen MR) is 109 cm³/mol. The zero-order chi connectivity index (χ0) is 20.0. The van der Waals surface area contributed by atoms with Gasteiger partial charge < -0.3 is 9.47 Å². The van der Waals surface area contributed by atoms with Crippen molar-refractivity contribution in [1.29, 1.82) is 0 Å². The Morgan fingerprint density at radius 1 is 1.14 bits per heavy atom. The van der Waals surface area contributed by atoms with Crippen LogP contribution in [0.25, 0.3) is 0 Å². The van der Waals surface area contributed by atoms with Crippen molar-refractivity contribution in [2.45, 2.75) is 17.1 Å². The van der Waals surface area contributed by atoms with Crippen LogP contribution in [0.5, 0.6) is 5.75 Å². The van der Waals surface area contributed by atoms with E-state index in [0.717, 1.165) is 0 Å². The van der Waals surface area contributed by atoms with E-state index in [2.05, 4.69) is 0 Å². The van der Waals surface area contributed by atoms with Crippen LogP contribution in [0.3, 0.4) is 0 Å². The molecule has 1 aliphatic heterocycles. The van der Waals surface area contributed by atoms with Crippen molar-refractivity contribution >= 4 is 21.8 Å². The highest BCUT2D eigenvalue weighted by molar-refractivity contribution is 7.99. The number of benzene rings is 2. The van der Waals surface area contributed by atoms with Gasteiger partial charge in [0.1, 0.15) is 11.6 Å². The highest BCUT2D eigenvalue weighted by Crippen LogP contribution is 2.29. The molecule has 8 heteroatoms. The second-order valence-corrected chi connectivity index (χ2v) is 9.76. The number of hydrogen-bond donors (Lipinski definition) is 0. The molecule has 1 saturated heterocycles. The lowest BCUT2D eigenvalue weighted by Gasteiger charge is -2.26. The molecule has 1 atom stereocenters. The number of nitrogens with zero attached hydrogens (tertiary/aromatic N) is 1. The Kier molecular flexibility index (Phi) is 7.34. The molecule has 0 spiro atoms. The molecule has 2 aromatic rings. The molecule has 5 nitrogen and oxygen atoms in total. The maximum atomic E-state index is 13.8. The monoisotopic (exact) mass is 425 g/mol. The molecule has 1 unspecified atom stereocenters. The summed E-state index contributed by atoms with van der Waals surface area (Å²) in [6, 6.07) is 13.2. The van der Waals surface area contributed by atoms with Crippen molar-refractivity contribution in [3.05, 3.63) is 59.9 Å². The first kappa shape index (κ1) is 21.1. The summed E-state index contributed by atoms with van der Waals surface area (Å²) in [6.45, 7) is 4.01. The van der Waals surface area contributed by atoms with Crippen LogP contribution in [0.2, 0.25) is 0 Å². The molecule has 0 radical (unpaired) electrons. The van der Waals surface area contributed by atoms with Crippen molar-refractivity contribution < 1.29 is 22.3 Å². The largest absolute Gasteiger partial charge is 0.493 e. The lowest BCUT2D eigenvalue weighted by molar-refractivity contribution is 0.0730. The molecule has 28 heavy (non-hydrogen) atoms. The molecular weight excluding hydrogens is 401 g/mol. The van der Waals surface area contributed by atoms with E-state index in [1.807, 2.05) is 13.0 Å². The maximum Gasteiger partial charge on any atom is 0.243 e. The highest BCUT2D eigenvalue weighted by Gasteiger charge is 2.26. The van der Waals surface area contributed by atoms with E-state index in [0.29, 0.717) is 50.0 Å². The lowest BCUT2D eigenvalue weighted by Crippen LogP contribution is -2.40. The zero-order valence-electron chi connectivity index (χ0n) is 15.7. The third kappa shape index (κ3) is 5.26. The van der Waals surface area contributed by atoms with Gasteiger partial charge in [0.15, 0.2) is 0 Å². The number of ether oxygens (including phenoxy) is 2. The quantitative estimate of drug-likeness (QED) is 0.604. The third-order valence-electron chi connectivity index (χ3n) is 4.49. The molecule has 1 heterocycles. The van der Waals surface area contributed by atoms with Crippen molar-refractivity contribution in [1.82, 2.24) is 4.31 Å². The van der Waals surface area contributed by atoms with Gasteiger partial charge in [0.05, 0.1) is 24.7 Å². The second-order valence-electron chi connectivity index (χ2n) is 6.37. The predicted octanol–water partition coefficient (Wildman–Crippen LogP) is 3.72. The number of thioether (sulfide) groups is 1. The molecule has 152 valence electrons. The summed E-state index contributed by atoms with van der Waals surface area (Å²) in [5.74, 6) is 1.11. The summed E-state index contributed by atoms with van der Waals surface area (Å²) in [6.07, 6.45) is 0. The average molecular weight is 426 g/mol. The van der Waals surface area contributed by atoms with E-state index < -0.39 is 10.0 Å². The van der Waals surface area contributed by atoms with Crippen LogP contribution in [0.1, 0.15) is 17.7 Å². The van der Waals surface area contributed by atoms with Crippen LogP contribution < -0.4 is 4.74 Å².